The first-order chi connectivity index (χ1) is 9.30. The van der Waals surface area contributed by atoms with Crippen LogP contribution < -0.4 is 10.9 Å². The van der Waals surface area contributed by atoms with Gasteiger partial charge in [-0.1, -0.05) is 6.42 Å². The minimum absolute atomic E-state index is 0.212. The molecular formula is C14H21N3O3. The predicted molar refractivity (Wildman–Crippen MR) is 75.9 cm³/mol. The Morgan fingerprint density at radius 3 is 2.75 bits per heavy atom. The number of carboxylic acid groups (broad SMARTS) is 1. The SMILES string of the molecule is CC(C)(C)n1ccnc(NC2CCCC2C(=O)O)c1=O. The molecule has 1 aromatic rings. The molecule has 0 spiro atoms. The third kappa shape index (κ3) is 2.84. The van der Waals surface area contributed by atoms with Gasteiger partial charge in [0.15, 0.2) is 5.82 Å². The maximum Gasteiger partial charge on any atom is 0.308 e. The Morgan fingerprint density at radius 1 is 1.45 bits per heavy atom. The van der Waals surface area contributed by atoms with Crippen LogP contribution in [0.15, 0.2) is 17.2 Å². The molecule has 0 saturated heterocycles. The number of aromatic nitrogens is 2. The lowest BCUT2D eigenvalue weighted by Gasteiger charge is -2.24. The van der Waals surface area contributed by atoms with Crippen molar-refractivity contribution in [3.63, 3.8) is 0 Å². The van der Waals surface area contributed by atoms with E-state index in [0.29, 0.717) is 6.42 Å². The zero-order valence-corrected chi connectivity index (χ0v) is 12.1. The zero-order valence-electron chi connectivity index (χ0n) is 12.1. The lowest BCUT2D eigenvalue weighted by atomic mass is 10.0. The van der Waals surface area contributed by atoms with Crippen molar-refractivity contribution < 1.29 is 9.90 Å². The number of nitrogens with one attached hydrogen (secondary N) is 1. The second-order valence-electron chi connectivity index (χ2n) is 6.25. The quantitative estimate of drug-likeness (QED) is 0.879. The van der Waals surface area contributed by atoms with Gasteiger partial charge in [-0.05, 0) is 33.6 Å². The molecule has 1 aliphatic carbocycles. The monoisotopic (exact) mass is 279 g/mol. The van der Waals surface area contributed by atoms with Crippen LogP contribution in [-0.2, 0) is 10.3 Å². The van der Waals surface area contributed by atoms with E-state index in [1.807, 2.05) is 20.8 Å². The summed E-state index contributed by atoms with van der Waals surface area (Å²) in [5, 5.41) is 12.2. The van der Waals surface area contributed by atoms with E-state index in [0.717, 1.165) is 12.8 Å². The molecule has 20 heavy (non-hydrogen) atoms. The van der Waals surface area contributed by atoms with Crippen LogP contribution in [0.2, 0.25) is 0 Å². The lowest BCUT2D eigenvalue weighted by Crippen LogP contribution is -2.38. The summed E-state index contributed by atoms with van der Waals surface area (Å²) in [6.45, 7) is 5.81. The van der Waals surface area contributed by atoms with Crippen molar-refractivity contribution in [2.45, 2.75) is 51.6 Å². The Morgan fingerprint density at radius 2 is 2.15 bits per heavy atom. The third-order valence-corrected chi connectivity index (χ3v) is 3.72. The second kappa shape index (κ2) is 5.26. The van der Waals surface area contributed by atoms with E-state index >= 15 is 0 Å². The van der Waals surface area contributed by atoms with E-state index in [4.69, 9.17) is 0 Å². The summed E-state index contributed by atoms with van der Waals surface area (Å²) in [6, 6.07) is -0.219. The number of nitrogens with zero attached hydrogens (tertiary/aromatic N) is 2. The third-order valence-electron chi connectivity index (χ3n) is 3.72. The second-order valence-corrected chi connectivity index (χ2v) is 6.25. The molecular weight excluding hydrogens is 258 g/mol. The van der Waals surface area contributed by atoms with Crippen molar-refractivity contribution in [1.82, 2.24) is 9.55 Å². The Kier molecular flexibility index (Phi) is 3.83. The zero-order chi connectivity index (χ0) is 14.9. The first kappa shape index (κ1) is 14.6. The summed E-state index contributed by atoms with van der Waals surface area (Å²) < 4.78 is 1.60. The molecule has 6 nitrogen and oxygen atoms in total. The Balaban J connectivity index is 2.27. The maximum absolute atomic E-state index is 12.4. The molecule has 0 bridgehead atoms. The van der Waals surface area contributed by atoms with Crippen LogP contribution in [-0.4, -0.2) is 26.7 Å². The molecule has 6 heteroatoms. The van der Waals surface area contributed by atoms with Gasteiger partial charge >= 0.3 is 5.97 Å². The smallest absolute Gasteiger partial charge is 0.308 e. The largest absolute Gasteiger partial charge is 0.481 e. The van der Waals surface area contributed by atoms with E-state index < -0.39 is 11.9 Å². The molecule has 1 heterocycles. The van der Waals surface area contributed by atoms with Crippen molar-refractivity contribution in [1.29, 1.82) is 0 Å². The van der Waals surface area contributed by atoms with Crippen molar-refractivity contribution >= 4 is 11.8 Å². The van der Waals surface area contributed by atoms with Crippen LogP contribution in [0.4, 0.5) is 5.82 Å². The Bertz CT molecular complexity index is 560. The average Bonchev–Trinajstić information content (AvgIpc) is 2.78. The van der Waals surface area contributed by atoms with Gasteiger partial charge in [-0.2, -0.15) is 0 Å². The number of anilines is 1. The highest BCUT2D eigenvalue weighted by Gasteiger charge is 2.33. The van der Waals surface area contributed by atoms with Crippen LogP contribution >= 0.6 is 0 Å². The highest BCUT2D eigenvalue weighted by atomic mass is 16.4. The van der Waals surface area contributed by atoms with Crippen molar-refractivity contribution in [3.05, 3.63) is 22.7 Å². The predicted octanol–water partition coefficient (Wildman–Crippen LogP) is 1.66. The molecule has 0 aromatic carbocycles. The van der Waals surface area contributed by atoms with Gasteiger partial charge in [0, 0.05) is 24.0 Å². The first-order valence-electron chi connectivity index (χ1n) is 6.88. The number of rotatable bonds is 3. The Labute approximate surface area is 117 Å². The van der Waals surface area contributed by atoms with Gasteiger partial charge in [0.25, 0.3) is 5.56 Å². The van der Waals surface area contributed by atoms with Crippen LogP contribution in [0.25, 0.3) is 0 Å². The van der Waals surface area contributed by atoms with Gasteiger partial charge in [-0.25, -0.2) is 4.98 Å². The van der Waals surface area contributed by atoms with E-state index in [9.17, 15) is 14.7 Å². The van der Waals surface area contributed by atoms with Gasteiger partial charge in [0.1, 0.15) is 0 Å². The van der Waals surface area contributed by atoms with E-state index in [-0.39, 0.29) is 23.0 Å². The summed E-state index contributed by atoms with van der Waals surface area (Å²) in [5.74, 6) is -1.02. The van der Waals surface area contributed by atoms with Crippen LogP contribution in [0.1, 0.15) is 40.0 Å². The molecule has 0 aliphatic heterocycles. The highest BCUT2D eigenvalue weighted by Crippen LogP contribution is 2.27. The molecule has 0 amide bonds. The van der Waals surface area contributed by atoms with E-state index in [1.54, 1.807) is 17.0 Å². The fourth-order valence-corrected chi connectivity index (χ4v) is 2.64. The summed E-state index contributed by atoms with van der Waals surface area (Å²) in [4.78, 5) is 27.6. The lowest BCUT2D eigenvalue weighted by molar-refractivity contribution is -0.141. The van der Waals surface area contributed by atoms with Gasteiger partial charge in [0.05, 0.1) is 5.92 Å². The number of hydrogen-bond donors (Lipinski definition) is 2. The van der Waals surface area contributed by atoms with E-state index in [1.165, 1.54) is 0 Å². The minimum atomic E-state index is -0.813. The first-order valence-corrected chi connectivity index (χ1v) is 6.88. The molecule has 110 valence electrons. The molecule has 1 aromatic heterocycles. The normalized spacial score (nSPS) is 22.8. The fourth-order valence-electron chi connectivity index (χ4n) is 2.64. The summed E-state index contributed by atoms with van der Waals surface area (Å²) in [5.41, 5.74) is -0.547. The van der Waals surface area contributed by atoms with Crippen LogP contribution in [0.5, 0.6) is 0 Å². The molecule has 2 N–H and O–H groups in total. The summed E-state index contributed by atoms with van der Waals surface area (Å²) in [6.07, 6.45) is 5.47. The maximum atomic E-state index is 12.4. The number of aliphatic carboxylic acids is 1. The molecule has 2 rings (SSSR count). The highest BCUT2D eigenvalue weighted by molar-refractivity contribution is 5.72. The van der Waals surface area contributed by atoms with Crippen LogP contribution in [0, 0.1) is 5.92 Å². The van der Waals surface area contributed by atoms with Gasteiger partial charge in [0.2, 0.25) is 0 Å². The average molecular weight is 279 g/mol. The number of carbonyl (C=O) groups is 1. The fraction of sp³-hybridized carbons (Fsp3) is 0.643. The van der Waals surface area contributed by atoms with Gasteiger partial charge < -0.3 is 15.0 Å². The molecule has 2 atom stereocenters. The van der Waals surface area contributed by atoms with Crippen molar-refractivity contribution in [2.24, 2.45) is 5.92 Å². The molecule has 1 fully saturated rings. The van der Waals surface area contributed by atoms with Crippen molar-refractivity contribution in [2.75, 3.05) is 5.32 Å². The molecule has 0 radical (unpaired) electrons. The van der Waals surface area contributed by atoms with Gasteiger partial charge in [-0.15, -0.1) is 0 Å². The summed E-state index contributed by atoms with van der Waals surface area (Å²) >= 11 is 0. The molecule has 1 saturated carbocycles. The van der Waals surface area contributed by atoms with Crippen molar-refractivity contribution in [3.8, 4) is 0 Å². The van der Waals surface area contributed by atoms with E-state index in [2.05, 4.69) is 10.3 Å². The molecule has 1 aliphatic rings. The van der Waals surface area contributed by atoms with Crippen LogP contribution in [0.3, 0.4) is 0 Å². The molecule has 2 unspecified atom stereocenters. The number of hydrogen-bond acceptors (Lipinski definition) is 4. The minimum Gasteiger partial charge on any atom is -0.481 e. The van der Waals surface area contributed by atoms with Gasteiger partial charge in [-0.3, -0.25) is 9.59 Å². The Hall–Kier alpha value is -1.85. The standard InChI is InChI=1S/C14H21N3O3/c1-14(2,3)17-8-7-15-11(12(17)18)16-10-6-4-5-9(10)13(19)20/h7-10H,4-6H2,1-3H3,(H,15,16)(H,19,20). The number of carboxylic acids is 1. The summed E-state index contributed by atoms with van der Waals surface area (Å²) in [7, 11) is 0. The topological polar surface area (TPSA) is 84.2 Å².